The maximum absolute atomic E-state index is 13.1. The molecule has 0 aliphatic carbocycles. The fourth-order valence-corrected chi connectivity index (χ4v) is 3.05. The van der Waals surface area contributed by atoms with Crippen LogP contribution < -0.4 is 10.9 Å². The summed E-state index contributed by atoms with van der Waals surface area (Å²) in [6.07, 6.45) is 0. The third kappa shape index (κ3) is 3.97. The number of amides is 1. The van der Waals surface area contributed by atoms with E-state index in [-0.39, 0.29) is 28.1 Å². The number of aromatic nitrogens is 1. The SMILES string of the molecule is O=C(Nc1ccccc1O)C(=O)/C(=C(\O)c1ccccc1)c1nc2ccccc2oc1=O. The van der Waals surface area contributed by atoms with E-state index in [2.05, 4.69) is 10.3 Å². The maximum Gasteiger partial charge on any atom is 0.363 e. The number of carbonyl (C=O) groups is 2. The number of para-hydroxylation sites is 4. The number of benzene rings is 3. The number of anilines is 1. The number of phenols is 1. The highest BCUT2D eigenvalue weighted by Crippen LogP contribution is 2.26. The highest BCUT2D eigenvalue weighted by molar-refractivity contribution is 6.57. The van der Waals surface area contributed by atoms with Crippen molar-refractivity contribution in [3.8, 4) is 5.75 Å². The average Bonchev–Trinajstić information content (AvgIpc) is 2.81. The zero-order chi connectivity index (χ0) is 22.7. The number of carbonyl (C=O) groups excluding carboxylic acids is 2. The lowest BCUT2D eigenvalue weighted by atomic mass is 10.0. The van der Waals surface area contributed by atoms with Gasteiger partial charge >= 0.3 is 5.63 Å². The van der Waals surface area contributed by atoms with Crippen LogP contribution in [0.2, 0.25) is 0 Å². The lowest BCUT2D eigenvalue weighted by Crippen LogP contribution is -2.27. The molecule has 0 bridgehead atoms. The van der Waals surface area contributed by atoms with Crippen molar-refractivity contribution in [2.45, 2.75) is 0 Å². The molecule has 3 aromatic carbocycles. The minimum Gasteiger partial charge on any atom is -0.506 e. The number of ketones is 1. The lowest BCUT2D eigenvalue weighted by molar-refractivity contribution is -0.131. The number of rotatable bonds is 5. The molecule has 0 spiro atoms. The molecule has 4 rings (SSSR count). The van der Waals surface area contributed by atoms with E-state index in [1.165, 1.54) is 30.3 Å². The summed E-state index contributed by atoms with van der Waals surface area (Å²) in [5.74, 6) is -3.28. The smallest absolute Gasteiger partial charge is 0.363 e. The zero-order valence-electron chi connectivity index (χ0n) is 16.5. The largest absolute Gasteiger partial charge is 0.506 e. The molecule has 0 unspecified atom stereocenters. The fraction of sp³-hybridized carbons (Fsp3) is 0. The van der Waals surface area contributed by atoms with Gasteiger partial charge in [0.05, 0.1) is 5.69 Å². The minimum absolute atomic E-state index is 0.0112. The quantitative estimate of drug-likeness (QED) is 0.192. The summed E-state index contributed by atoms with van der Waals surface area (Å²) in [5.41, 5.74) is -1.50. The van der Waals surface area contributed by atoms with E-state index in [4.69, 9.17) is 4.42 Å². The summed E-state index contributed by atoms with van der Waals surface area (Å²) in [4.78, 5) is 42.7. The van der Waals surface area contributed by atoms with Gasteiger partial charge in [0.15, 0.2) is 11.3 Å². The van der Waals surface area contributed by atoms with Gasteiger partial charge in [0.25, 0.3) is 11.7 Å². The Labute approximate surface area is 181 Å². The van der Waals surface area contributed by atoms with Crippen molar-refractivity contribution in [2.24, 2.45) is 0 Å². The van der Waals surface area contributed by atoms with Crippen LogP contribution in [0.4, 0.5) is 5.69 Å². The second-order valence-electron chi connectivity index (χ2n) is 6.71. The molecule has 3 N–H and O–H groups in total. The molecule has 1 amide bonds. The predicted molar refractivity (Wildman–Crippen MR) is 118 cm³/mol. The van der Waals surface area contributed by atoms with Gasteiger partial charge in [-0.2, -0.15) is 0 Å². The number of Topliss-reactive ketones (excluding diaryl/α,β-unsaturated/α-hetero) is 1. The molecule has 0 aliphatic heterocycles. The van der Waals surface area contributed by atoms with Crippen molar-refractivity contribution in [2.75, 3.05) is 5.32 Å². The standard InChI is InChI=1S/C24H16N2O6/c27-17-12-6-4-10-15(17)26-23(30)22(29)19(21(28)14-8-2-1-3-9-14)20-24(31)32-18-13-7-5-11-16(18)25-20/h1-13,27-28H,(H,26,30)/b21-19-. The molecule has 8 nitrogen and oxygen atoms in total. The Hall–Kier alpha value is -4.72. The topological polar surface area (TPSA) is 130 Å². The molecule has 32 heavy (non-hydrogen) atoms. The lowest BCUT2D eigenvalue weighted by Gasteiger charge is -2.11. The summed E-state index contributed by atoms with van der Waals surface area (Å²) < 4.78 is 5.24. The summed E-state index contributed by atoms with van der Waals surface area (Å²) in [5, 5.41) is 23.0. The predicted octanol–water partition coefficient (Wildman–Crippen LogP) is 3.53. The number of aromatic hydroxyl groups is 1. The number of nitrogens with zero attached hydrogens (tertiary/aromatic N) is 1. The summed E-state index contributed by atoms with van der Waals surface area (Å²) in [7, 11) is 0. The molecule has 0 saturated heterocycles. The number of hydrogen-bond donors (Lipinski definition) is 3. The highest BCUT2D eigenvalue weighted by Gasteiger charge is 2.30. The summed E-state index contributed by atoms with van der Waals surface area (Å²) >= 11 is 0. The van der Waals surface area contributed by atoms with Gasteiger partial charge in [-0.15, -0.1) is 0 Å². The van der Waals surface area contributed by atoms with E-state index < -0.39 is 34.3 Å². The zero-order valence-corrected chi connectivity index (χ0v) is 16.5. The van der Waals surface area contributed by atoms with Crippen LogP contribution in [0.1, 0.15) is 11.3 Å². The average molecular weight is 428 g/mol. The monoisotopic (exact) mass is 428 g/mol. The van der Waals surface area contributed by atoms with Crippen LogP contribution >= 0.6 is 0 Å². The Morgan fingerprint density at radius 1 is 0.875 bits per heavy atom. The van der Waals surface area contributed by atoms with Gasteiger partial charge in [0, 0.05) is 5.56 Å². The van der Waals surface area contributed by atoms with Gasteiger partial charge in [-0.25, -0.2) is 9.78 Å². The number of aliphatic hydroxyl groups is 1. The van der Waals surface area contributed by atoms with Gasteiger partial charge in [0.1, 0.15) is 22.6 Å². The van der Waals surface area contributed by atoms with Crippen LogP contribution in [0.5, 0.6) is 5.75 Å². The van der Waals surface area contributed by atoms with Gasteiger partial charge in [-0.3, -0.25) is 9.59 Å². The highest BCUT2D eigenvalue weighted by atomic mass is 16.4. The molecule has 1 heterocycles. The van der Waals surface area contributed by atoms with Crippen molar-refractivity contribution in [3.63, 3.8) is 0 Å². The molecular weight excluding hydrogens is 412 g/mol. The number of phenolic OH excluding ortho intramolecular Hbond substituents is 1. The molecule has 0 atom stereocenters. The molecule has 4 aromatic rings. The second-order valence-corrected chi connectivity index (χ2v) is 6.71. The van der Waals surface area contributed by atoms with Crippen LogP contribution in [0.3, 0.4) is 0 Å². The summed E-state index contributed by atoms with van der Waals surface area (Å²) in [6, 6.07) is 20.2. The summed E-state index contributed by atoms with van der Waals surface area (Å²) in [6.45, 7) is 0. The molecule has 1 aromatic heterocycles. The van der Waals surface area contributed by atoms with E-state index in [9.17, 15) is 24.6 Å². The Bertz CT molecular complexity index is 1420. The van der Waals surface area contributed by atoms with E-state index in [0.717, 1.165) is 0 Å². The van der Waals surface area contributed by atoms with Gasteiger partial charge < -0.3 is 19.9 Å². The molecule has 0 fully saturated rings. The maximum atomic E-state index is 13.1. The van der Waals surface area contributed by atoms with Crippen LogP contribution in [0, 0.1) is 0 Å². The van der Waals surface area contributed by atoms with Crippen molar-refractivity contribution >= 4 is 39.8 Å². The molecule has 0 saturated carbocycles. The van der Waals surface area contributed by atoms with Crippen LogP contribution in [-0.4, -0.2) is 26.9 Å². The van der Waals surface area contributed by atoms with Crippen LogP contribution in [-0.2, 0) is 9.59 Å². The van der Waals surface area contributed by atoms with Gasteiger partial charge in [-0.05, 0) is 24.3 Å². The normalized spacial score (nSPS) is 11.6. The van der Waals surface area contributed by atoms with Gasteiger partial charge in [-0.1, -0.05) is 54.6 Å². The van der Waals surface area contributed by atoms with Crippen molar-refractivity contribution in [3.05, 3.63) is 101 Å². The Morgan fingerprint density at radius 2 is 1.53 bits per heavy atom. The molecular formula is C24H16N2O6. The minimum atomic E-state index is -1.23. The fourth-order valence-electron chi connectivity index (χ4n) is 3.05. The first kappa shape index (κ1) is 20.5. The van der Waals surface area contributed by atoms with E-state index in [1.54, 1.807) is 48.5 Å². The number of fused-ring (bicyclic) bond motifs is 1. The van der Waals surface area contributed by atoms with Crippen molar-refractivity contribution in [1.82, 2.24) is 4.98 Å². The number of hydrogen-bond acceptors (Lipinski definition) is 7. The van der Waals surface area contributed by atoms with Gasteiger partial charge in [0.2, 0.25) is 0 Å². The first-order valence-electron chi connectivity index (χ1n) is 9.48. The first-order valence-corrected chi connectivity index (χ1v) is 9.48. The van der Waals surface area contributed by atoms with E-state index in [0.29, 0.717) is 0 Å². The Balaban J connectivity index is 1.87. The number of nitrogens with one attached hydrogen (secondary N) is 1. The van der Waals surface area contributed by atoms with Crippen molar-refractivity contribution in [1.29, 1.82) is 0 Å². The number of aliphatic hydroxyl groups excluding tert-OH is 1. The van der Waals surface area contributed by atoms with Crippen LogP contribution in [0.25, 0.3) is 22.4 Å². The van der Waals surface area contributed by atoms with E-state index in [1.807, 2.05) is 0 Å². The molecule has 0 radical (unpaired) electrons. The van der Waals surface area contributed by atoms with Crippen molar-refractivity contribution < 1.29 is 24.2 Å². The third-order valence-electron chi connectivity index (χ3n) is 4.60. The molecule has 8 heteroatoms. The Kier molecular flexibility index (Phi) is 5.50. The molecule has 158 valence electrons. The molecule has 0 aliphatic rings. The second kappa shape index (κ2) is 8.57. The first-order chi connectivity index (χ1) is 15.5. The Morgan fingerprint density at radius 3 is 2.28 bits per heavy atom. The van der Waals surface area contributed by atoms with E-state index >= 15 is 0 Å². The van der Waals surface area contributed by atoms with Crippen LogP contribution in [0.15, 0.2) is 88.1 Å². The third-order valence-corrected chi connectivity index (χ3v) is 4.60.